The molecule has 1 aliphatic rings. The maximum atomic E-state index is 5.40. The highest BCUT2D eigenvalue weighted by Gasteiger charge is 2.18. The van der Waals surface area contributed by atoms with Gasteiger partial charge in [-0.25, -0.2) is 4.98 Å². The fourth-order valence-corrected chi connectivity index (χ4v) is 2.26. The Hall–Kier alpha value is -1.13. The van der Waals surface area contributed by atoms with E-state index in [1.165, 1.54) is 5.56 Å². The summed E-state index contributed by atoms with van der Waals surface area (Å²) in [4.78, 5) is 6.88. The standard InChI is InChI=1S/C14H23N3O/c1-3-6-15-12(2)13-5-4-7-16-14(13)17-8-10-18-11-9-17/h4-5,7,12,15H,3,6,8-11H2,1-2H3. The van der Waals surface area contributed by atoms with Crippen LogP contribution in [0, 0.1) is 0 Å². The number of hydrogen-bond donors (Lipinski definition) is 1. The molecule has 0 spiro atoms. The van der Waals surface area contributed by atoms with E-state index in [-0.39, 0.29) is 0 Å². The molecule has 0 amide bonds. The normalized spacial score (nSPS) is 17.8. The molecule has 1 atom stereocenters. The Morgan fingerprint density at radius 2 is 2.22 bits per heavy atom. The number of pyridine rings is 1. The van der Waals surface area contributed by atoms with Crippen molar-refractivity contribution >= 4 is 5.82 Å². The Balaban J connectivity index is 2.13. The molecule has 1 aliphatic heterocycles. The lowest BCUT2D eigenvalue weighted by molar-refractivity contribution is 0.122. The number of anilines is 1. The first-order valence-electron chi connectivity index (χ1n) is 6.84. The molecule has 1 N–H and O–H groups in total. The maximum absolute atomic E-state index is 5.40. The highest BCUT2D eigenvalue weighted by atomic mass is 16.5. The zero-order chi connectivity index (χ0) is 12.8. The summed E-state index contributed by atoms with van der Waals surface area (Å²) < 4.78 is 5.40. The first-order chi connectivity index (χ1) is 8.83. The van der Waals surface area contributed by atoms with Crippen LogP contribution in [0.25, 0.3) is 0 Å². The lowest BCUT2D eigenvalue weighted by atomic mass is 10.1. The number of morpholine rings is 1. The zero-order valence-electron chi connectivity index (χ0n) is 11.4. The van der Waals surface area contributed by atoms with E-state index in [0.29, 0.717) is 6.04 Å². The van der Waals surface area contributed by atoms with E-state index in [0.717, 1.165) is 45.1 Å². The van der Waals surface area contributed by atoms with Gasteiger partial charge in [-0.3, -0.25) is 0 Å². The molecule has 0 bridgehead atoms. The minimum Gasteiger partial charge on any atom is -0.378 e. The second-order valence-corrected chi connectivity index (χ2v) is 4.69. The average Bonchev–Trinajstić information content (AvgIpc) is 2.45. The lowest BCUT2D eigenvalue weighted by Crippen LogP contribution is -2.38. The number of aromatic nitrogens is 1. The largest absolute Gasteiger partial charge is 0.378 e. The van der Waals surface area contributed by atoms with Crippen molar-refractivity contribution in [3.05, 3.63) is 23.9 Å². The second kappa shape index (κ2) is 6.71. The van der Waals surface area contributed by atoms with Crippen molar-refractivity contribution in [3.63, 3.8) is 0 Å². The third-order valence-electron chi connectivity index (χ3n) is 3.29. The highest BCUT2D eigenvalue weighted by Crippen LogP contribution is 2.24. The second-order valence-electron chi connectivity index (χ2n) is 4.69. The molecule has 1 fully saturated rings. The zero-order valence-corrected chi connectivity index (χ0v) is 11.4. The van der Waals surface area contributed by atoms with Gasteiger partial charge in [0.1, 0.15) is 5.82 Å². The molecule has 100 valence electrons. The third-order valence-corrected chi connectivity index (χ3v) is 3.29. The quantitative estimate of drug-likeness (QED) is 0.866. The smallest absolute Gasteiger partial charge is 0.133 e. The van der Waals surface area contributed by atoms with Gasteiger partial charge in [0.05, 0.1) is 13.2 Å². The molecule has 0 aromatic carbocycles. The Kier molecular flexibility index (Phi) is 4.96. The average molecular weight is 249 g/mol. The van der Waals surface area contributed by atoms with Crippen LogP contribution in [0.4, 0.5) is 5.82 Å². The molecule has 1 unspecified atom stereocenters. The molecule has 2 heterocycles. The van der Waals surface area contributed by atoms with Gasteiger partial charge in [0.25, 0.3) is 0 Å². The Morgan fingerprint density at radius 1 is 1.44 bits per heavy atom. The highest BCUT2D eigenvalue weighted by molar-refractivity contribution is 5.48. The van der Waals surface area contributed by atoms with Crippen molar-refractivity contribution < 1.29 is 4.74 Å². The van der Waals surface area contributed by atoms with Crippen LogP contribution in [0.3, 0.4) is 0 Å². The number of nitrogens with one attached hydrogen (secondary N) is 1. The summed E-state index contributed by atoms with van der Waals surface area (Å²) in [5.74, 6) is 1.11. The van der Waals surface area contributed by atoms with Crippen molar-refractivity contribution in [2.45, 2.75) is 26.3 Å². The summed E-state index contributed by atoms with van der Waals surface area (Å²) in [6.07, 6.45) is 3.03. The van der Waals surface area contributed by atoms with Crippen LogP contribution in [0.2, 0.25) is 0 Å². The number of rotatable bonds is 5. The molecule has 0 aliphatic carbocycles. The van der Waals surface area contributed by atoms with Gasteiger partial charge in [-0.05, 0) is 26.0 Å². The molecule has 4 heteroatoms. The van der Waals surface area contributed by atoms with Crippen LogP contribution in [-0.2, 0) is 4.74 Å². The summed E-state index contributed by atoms with van der Waals surface area (Å²) in [6.45, 7) is 8.90. The van der Waals surface area contributed by atoms with Gasteiger partial charge < -0.3 is 15.0 Å². The van der Waals surface area contributed by atoms with Crippen molar-refractivity contribution in [3.8, 4) is 0 Å². The third kappa shape index (κ3) is 3.21. The number of ether oxygens (including phenoxy) is 1. The van der Waals surface area contributed by atoms with Crippen LogP contribution < -0.4 is 10.2 Å². The van der Waals surface area contributed by atoms with Crippen LogP contribution >= 0.6 is 0 Å². The Bertz CT molecular complexity index is 364. The van der Waals surface area contributed by atoms with Crippen molar-refractivity contribution in [1.82, 2.24) is 10.3 Å². The summed E-state index contributed by atoms with van der Waals surface area (Å²) in [7, 11) is 0. The molecule has 1 aromatic rings. The van der Waals surface area contributed by atoms with Crippen LogP contribution in [-0.4, -0.2) is 37.8 Å². The summed E-state index contributed by atoms with van der Waals surface area (Å²) >= 11 is 0. The van der Waals surface area contributed by atoms with Crippen molar-refractivity contribution in [1.29, 1.82) is 0 Å². The van der Waals surface area contributed by atoms with Gasteiger partial charge in [-0.2, -0.15) is 0 Å². The molecular formula is C14H23N3O. The van der Waals surface area contributed by atoms with E-state index >= 15 is 0 Å². The minimum absolute atomic E-state index is 0.344. The predicted molar refractivity (Wildman–Crippen MR) is 74.0 cm³/mol. The molecular weight excluding hydrogens is 226 g/mol. The molecule has 1 saturated heterocycles. The van der Waals surface area contributed by atoms with E-state index in [9.17, 15) is 0 Å². The maximum Gasteiger partial charge on any atom is 0.133 e. The molecule has 2 rings (SSSR count). The molecule has 4 nitrogen and oxygen atoms in total. The van der Waals surface area contributed by atoms with E-state index in [1.807, 2.05) is 12.3 Å². The first-order valence-corrected chi connectivity index (χ1v) is 6.84. The fourth-order valence-electron chi connectivity index (χ4n) is 2.26. The van der Waals surface area contributed by atoms with Gasteiger partial charge in [-0.15, -0.1) is 0 Å². The van der Waals surface area contributed by atoms with Gasteiger partial charge in [0, 0.05) is 30.9 Å². The van der Waals surface area contributed by atoms with Crippen LogP contribution in [0.1, 0.15) is 31.9 Å². The number of nitrogens with zero attached hydrogens (tertiary/aromatic N) is 2. The summed E-state index contributed by atoms with van der Waals surface area (Å²) in [5, 5.41) is 3.53. The van der Waals surface area contributed by atoms with E-state index in [1.54, 1.807) is 0 Å². The first kappa shape index (κ1) is 13.3. The molecule has 18 heavy (non-hydrogen) atoms. The minimum atomic E-state index is 0.344. The lowest BCUT2D eigenvalue weighted by Gasteiger charge is -2.30. The summed E-state index contributed by atoms with van der Waals surface area (Å²) in [5.41, 5.74) is 1.29. The fraction of sp³-hybridized carbons (Fsp3) is 0.643. The topological polar surface area (TPSA) is 37.4 Å². The molecule has 0 saturated carbocycles. The van der Waals surface area contributed by atoms with Gasteiger partial charge in [-0.1, -0.05) is 13.0 Å². The Labute approximate surface area is 109 Å². The predicted octanol–water partition coefficient (Wildman–Crippen LogP) is 1.98. The van der Waals surface area contributed by atoms with Gasteiger partial charge in [0.15, 0.2) is 0 Å². The van der Waals surface area contributed by atoms with Crippen LogP contribution in [0.5, 0.6) is 0 Å². The molecule has 0 radical (unpaired) electrons. The van der Waals surface area contributed by atoms with E-state index < -0.39 is 0 Å². The van der Waals surface area contributed by atoms with Gasteiger partial charge >= 0.3 is 0 Å². The monoisotopic (exact) mass is 249 g/mol. The van der Waals surface area contributed by atoms with Crippen molar-refractivity contribution in [2.24, 2.45) is 0 Å². The van der Waals surface area contributed by atoms with Crippen LogP contribution in [0.15, 0.2) is 18.3 Å². The van der Waals surface area contributed by atoms with Crippen molar-refractivity contribution in [2.75, 3.05) is 37.7 Å². The van der Waals surface area contributed by atoms with Gasteiger partial charge in [0.2, 0.25) is 0 Å². The van der Waals surface area contributed by atoms with E-state index in [2.05, 4.69) is 35.1 Å². The summed E-state index contributed by atoms with van der Waals surface area (Å²) in [6, 6.07) is 4.53. The Morgan fingerprint density at radius 3 is 2.94 bits per heavy atom. The number of hydrogen-bond acceptors (Lipinski definition) is 4. The SMILES string of the molecule is CCCNC(C)c1cccnc1N1CCOCC1. The van der Waals surface area contributed by atoms with E-state index in [4.69, 9.17) is 4.74 Å². The molecule has 1 aromatic heterocycles.